The summed E-state index contributed by atoms with van der Waals surface area (Å²) in [6.07, 6.45) is 1.51. The van der Waals surface area contributed by atoms with Crippen molar-refractivity contribution in [2.75, 3.05) is 18.4 Å². The first-order valence-corrected chi connectivity index (χ1v) is 9.52. The third-order valence-electron chi connectivity index (χ3n) is 5.12. The second-order valence-electron chi connectivity index (χ2n) is 7.30. The molecule has 1 aromatic heterocycles. The SMILES string of the molecule is CCN(CC(=O)O)C1CC(NC(=O)Nc2cc(C)n(-c3ccc(C)cc3)n2)C1. The Kier molecular flexibility index (Phi) is 5.99. The molecule has 1 aliphatic carbocycles. The molecule has 0 atom stereocenters. The Morgan fingerprint density at radius 1 is 1.25 bits per heavy atom. The molecule has 2 aromatic rings. The van der Waals surface area contributed by atoms with E-state index < -0.39 is 5.97 Å². The number of likely N-dealkylation sites (N-methyl/N-ethyl adjacent to an activating group) is 1. The van der Waals surface area contributed by atoms with Crippen LogP contribution in [0.25, 0.3) is 5.69 Å². The minimum atomic E-state index is -0.824. The van der Waals surface area contributed by atoms with Gasteiger partial charge in [-0.25, -0.2) is 9.48 Å². The van der Waals surface area contributed by atoms with Gasteiger partial charge >= 0.3 is 12.0 Å². The molecule has 8 heteroatoms. The van der Waals surface area contributed by atoms with Gasteiger partial charge in [0, 0.05) is 23.8 Å². The fourth-order valence-electron chi connectivity index (χ4n) is 3.50. The minimum Gasteiger partial charge on any atom is -0.480 e. The molecule has 1 saturated carbocycles. The highest BCUT2D eigenvalue weighted by Crippen LogP contribution is 2.25. The Morgan fingerprint density at radius 2 is 1.93 bits per heavy atom. The van der Waals surface area contributed by atoms with Crippen LogP contribution >= 0.6 is 0 Å². The lowest BCUT2D eigenvalue weighted by atomic mass is 9.85. The Labute approximate surface area is 164 Å². The van der Waals surface area contributed by atoms with Gasteiger partial charge in [-0.3, -0.25) is 15.0 Å². The zero-order valence-corrected chi connectivity index (χ0v) is 16.5. The van der Waals surface area contributed by atoms with E-state index in [2.05, 4.69) is 15.7 Å². The molecule has 0 saturated heterocycles. The second kappa shape index (κ2) is 8.43. The number of carboxylic acids is 1. The normalized spacial score (nSPS) is 18.6. The quantitative estimate of drug-likeness (QED) is 0.680. The van der Waals surface area contributed by atoms with Gasteiger partial charge < -0.3 is 10.4 Å². The molecule has 1 aromatic carbocycles. The summed E-state index contributed by atoms with van der Waals surface area (Å²) in [4.78, 5) is 25.1. The number of urea groups is 1. The average Bonchev–Trinajstić information content (AvgIpc) is 2.96. The number of hydrogen-bond acceptors (Lipinski definition) is 4. The van der Waals surface area contributed by atoms with E-state index in [9.17, 15) is 9.59 Å². The highest BCUT2D eigenvalue weighted by molar-refractivity contribution is 5.88. The Bertz CT molecular complexity index is 840. The number of amides is 2. The molecular weight excluding hydrogens is 358 g/mol. The lowest BCUT2D eigenvalue weighted by Crippen LogP contribution is -2.55. The molecule has 0 radical (unpaired) electrons. The summed E-state index contributed by atoms with van der Waals surface area (Å²) in [7, 11) is 0. The van der Waals surface area contributed by atoms with Crippen LogP contribution in [-0.2, 0) is 4.79 Å². The van der Waals surface area contributed by atoms with Gasteiger partial charge in [-0.1, -0.05) is 24.6 Å². The van der Waals surface area contributed by atoms with Crippen molar-refractivity contribution in [2.24, 2.45) is 0 Å². The Balaban J connectivity index is 1.52. The van der Waals surface area contributed by atoms with Crippen molar-refractivity contribution in [1.29, 1.82) is 0 Å². The molecule has 1 heterocycles. The molecule has 1 aliphatic rings. The maximum absolute atomic E-state index is 12.3. The second-order valence-corrected chi connectivity index (χ2v) is 7.30. The maximum Gasteiger partial charge on any atom is 0.320 e. The van der Waals surface area contributed by atoms with Crippen molar-refractivity contribution in [2.45, 2.75) is 45.7 Å². The molecule has 0 bridgehead atoms. The zero-order valence-electron chi connectivity index (χ0n) is 16.5. The molecule has 3 rings (SSSR count). The van der Waals surface area contributed by atoms with Gasteiger partial charge in [-0.2, -0.15) is 0 Å². The van der Waals surface area contributed by atoms with Crippen molar-refractivity contribution in [3.8, 4) is 5.69 Å². The zero-order chi connectivity index (χ0) is 20.3. The van der Waals surface area contributed by atoms with E-state index in [0.717, 1.165) is 24.2 Å². The lowest BCUT2D eigenvalue weighted by molar-refractivity contribution is -0.139. The summed E-state index contributed by atoms with van der Waals surface area (Å²) in [6.45, 7) is 6.64. The largest absolute Gasteiger partial charge is 0.480 e. The molecule has 1 fully saturated rings. The number of hydrogen-bond donors (Lipinski definition) is 3. The van der Waals surface area contributed by atoms with Crippen molar-refractivity contribution in [1.82, 2.24) is 20.0 Å². The number of rotatable bonds is 7. The number of aliphatic carboxylic acids is 1. The first kappa shape index (κ1) is 19.9. The van der Waals surface area contributed by atoms with Crippen LogP contribution in [0, 0.1) is 13.8 Å². The number of benzene rings is 1. The Morgan fingerprint density at radius 3 is 2.54 bits per heavy atom. The van der Waals surface area contributed by atoms with E-state index in [4.69, 9.17) is 5.11 Å². The number of aromatic nitrogens is 2. The fraction of sp³-hybridized carbons (Fsp3) is 0.450. The smallest absolute Gasteiger partial charge is 0.320 e. The van der Waals surface area contributed by atoms with Crippen molar-refractivity contribution < 1.29 is 14.7 Å². The standard InChI is InChI=1S/C20H27N5O3/c1-4-24(12-19(26)27)17-10-15(11-17)21-20(28)22-18-9-14(3)25(23-18)16-7-5-13(2)6-8-16/h5-9,15,17H,4,10-12H2,1-3H3,(H,26,27)(H2,21,22,23,28). The summed E-state index contributed by atoms with van der Waals surface area (Å²) in [5, 5.41) is 19.1. The van der Waals surface area contributed by atoms with Crippen molar-refractivity contribution >= 4 is 17.8 Å². The number of nitrogens with zero attached hydrogens (tertiary/aromatic N) is 3. The van der Waals surface area contributed by atoms with Gasteiger partial charge in [0.1, 0.15) is 0 Å². The molecule has 2 amide bonds. The van der Waals surface area contributed by atoms with E-state index in [0.29, 0.717) is 12.4 Å². The average molecular weight is 385 g/mol. The molecule has 28 heavy (non-hydrogen) atoms. The van der Waals surface area contributed by atoms with E-state index in [1.807, 2.05) is 56.0 Å². The monoisotopic (exact) mass is 385 g/mol. The van der Waals surface area contributed by atoms with Crippen molar-refractivity contribution in [3.63, 3.8) is 0 Å². The fourth-order valence-corrected chi connectivity index (χ4v) is 3.50. The van der Waals surface area contributed by atoms with E-state index in [1.165, 1.54) is 5.56 Å². The maximum atomic E-state index is 12.3. The van der Waals surface area contributed by atoms with Crippen LogP contribution < -0.4 is 10.6 Å². The summed E-state index contributed by atoms with van der Waals surface area (Å²) in [5.41, 5.74) is 3.04. The first-order chi connectivity index (χ1) is 13.4. The summed E-state index contributed by atoms with van der Waals surface area (Å²) < 4.78 is 1.79. The summed E-state index contributed by atoms with van der Waals surface area (Å²) >= 11 is 0. The lowest BCUT2D eigenvalue weighted by Gasteiger charge is -2.42. The first-order valence-electron chi connectivity index (χ1n) is 9.52. The van der Waals surface area contributed by atoms with E-state index in [-0.39, 0.29) is 24.7 Å². The van der Waals surface area contributed by atoms with Gasteiger partial charge in [0.05, 0.1) is 12.2 Å². The number of carbonyl (C=O) groups is 2. The molecule has 3 N–H and O–H groups in total. The van der Waals surface area contributed by atoms with Crippen LogP contribution in [0.3, 0.4) is 0 Å². The highest BCUT2D eigenvalue weighted by atomic mass is 16.4. The van der Waals surface area contributed by atoms with E-state index >= 15 is 0 Å². The molecule has 8 nitrogen and oxygen atoms in total. The van der Waals surface area contributed by atoms with Crippen LogP contribution in [0.2, 0.25) is 0 Å². The molecule has 0 spiro atoms. The number of anilines is 1. The number of carboxylic acid groups (broad SMARTS) is 1. The molecule has 150 valence electrons. The predicted octanol–water partition coefficient (Wildman–Crippen LogP) is 2.55. The topological polar surface area (TPSA) is 99.5 Å². The molecule has 0 aliphatic heterocycles. The highest BCUT2D eigenvalue weighted by Gasteiger charge is 2.34. The van der Waals surface area contributed by atoms with Gasteiger partial charge in [0.2, 0.25) is 0 Å². The summed E-state index contributed by atoms with van der Waals surface area (Å²) in [5.74, 6) is -0.331. The van der Waals surface area contributed by atoms with Gasteiger partial charge in [-0.15, -0.1) is 5.10 Å². The minimum absolute atomic E-state index is 0.0375. The Hall–Kier alpha value is -2.87. The van der Waals surface area contributed by atoms with Gasteiger partial charge in [-0.05, 0) is 45.4 Å². The number of aryl methyl sites for hydroxylation is 2. The van der Waals surface area contributed by atoms with Crippen LogP contribution in [0.1, 0.15) is 31.0 Å². The van der Waals surface area contributed by atoms with Crippen LogP contribution in [0.15, 0.2) is 30.3 Å². The third-order valence-corrected chi connectivity index (χ3v) is 5.12. The van der Waals surface area contributed by atoms with Gasteiger partial charge in [0.15, 0.2) is 5.82 Å². The van der Waals surface area contributed by atoms with Gasteiger partial charge in [0.25, 0.3) is 0 Å². The molecular formula is C20H27N5O3. The van der Waals surface area contributed by atoms with Crippen LogP contribution in [0.4, 0.5) is 10.6 Å². The third kappa shape index (κ3) is 4.69. The number of carbonyl (C=O) groups excluding carboxylic acids is 1. The van der Waals surface area contributed by atoms with E-state index in [1.54, 1.807) is 4.68 Å². The molecule has 0 unspecified atom stereocenters. The van der Waals surface area contributed by atoms with Crippen LogP contribution in [0.5, 0.6) is 0 Å². The summed E-state index contributed by atoms with van der Waals surface area (Å²) in [6, 6.07) is 9.81. The predicted molar refractivity (Wildman–Crippen MR) is 107 cm³/mol. The van der Waals surface area contributed by atoms with Crippen LogP contribution in [-0.4, -0.2) is 57.0 Å². The van der Waals surface area contributed by atoms with Crippen molar-refractivity contribution in [3.05, 3.63) is 41.6 Å². The number of nitrogens with one attached hydrogen (secondary N) is 2.